The Kier molecular flexibility index (Phi) is 4.02. The third-order valence-electron chi connectivity index (χ3n) is 3.21. The first-order chi connectivity index (χ1) is 8.63. The number of allylic oxidation sites excluding steroid dienone is 2. The molecule has 2 rings (SSSR count). The van der Waals surface area contributed by atoms with Gasteiger partial charge in [0, 0.05) is 21.3 Å². The van der Waals surface area contributed by atoms with E-state index in [4.69, 9.17) is 0 Å². The van der Waals surface area contributed by atoms with Gasteiger partial charge in [0.1, 0.15) is 5.78 Å². The molecule has 1 unspecified atom stereocenters. The average molecular weight is 260 g/mol. The lowest BCUT2D eigenvalue weighted by Crippen LogP contribution is -2.26. The highest BCUT2D eigenvalue weighted by Gasteiger charge is 2.32. The first-order valence-corrected chi connectivity index (χ1v) is 6.94. The van der Waals surface area contributed by atoms with E-state index < -0.39 is 0 Å². The second-order valence-electron chi connectivity index (χ2n) is 4.43. The first kappa shape index (κ1) is 13.1. The van der Waals surface area contributed by atoms with E-state index in [9.17, 15) is 9.59 Å². The van der Waals surface area contributed by atoms with E-state index in [0.717, 1.165) is 21.8 Å². The first-order valence-electron chi connectivity index (χ1n) is 6.13. The standard InChI is InChI=1S/C15H16O2S/c1-3-12-14(17)9-13(16)10(2)15(12)18-11-7-5-4-6-8-11/h4-8,12H,3,9H2,1-2H3. The van der Waals surface area contributed by atoms with Crippen molar-refractivity contribution >= 4 is 23.3 Å². The number of hydrogen-bond donors (Lipinski definition) is 0. The Morgan fingerprint density at radius 1 is 1.22 bits per heavy atom. The van der Waals surface area contributed by atoms with Gasteiger partial charge in [-0.2, -0.15) is 0 Å². The van der Waals surface area contributed by atoms with Crippen molar-refractivity contribution in [2.24, 2.45) is 5.92 Å². The summed E-state index contributed by atoms with van der Waals surface area (Å²) in [5, 5.41) is 0. The summed E-state index contributed by atoms with van der Waals surface area (Å²) in [5.74, 6) is -0.0671. The molecule has 0 heterocycles. The van der Waals surface area contributed by atoms with Gasteiger partial charge in [-0.3, -0.25) is 9.59 Å². The van der Waals surface area contributed by atoms with E-state index in [2.05, 4.69) is 0 Å². The molecule has 0 aliphatic heterocycles. The van der Waals surface area contributed by atoms with Crippen molar-refractivity contribution in [3.05, 3.63) is 40.8 Å². The van der Waals surface area contributed by atoms with Crippen molar-refractivity contribution in [2.45, 2.75) is 31.6 Å². The molecule has 0 saturated heterocycles. The van der Waals surface area contributed by atoms with Crippen LogP contribution in [0.15, 0.2) is 45.7 Å². The van der Waals surface area contributed by atoms with Gasteiger partial charge in [0.05, 0.1) is 6.42 Å². The fraction of sp³-hybridized carbons (Fsp3) is 0.333. The molecule has 94 valence electrons. The zero-order valence-corrected chi connectivity index (χ0v) is 11.4. The van der Waals surface area contributed by atoms with Crippen molar-refractivity contribution < 1.29 is 9.59 Å². The Morgan fingerprint density at radius 2 is 1.89 bits per heavy atom. The highest BCUT2D eigenvalue weighted by Crippen LogP contribution is 2.39. The van der Waals surface area contributed by atoms with E-state index >= 15 is 0 Å². The summed E-state index contributed by atoms with van der Waals surface area (Å²) in [6.07, 6.45) is 0.835. The van der Waals surface area contributed by atoms with Gasteiger partial charge < -0.3 is 0 Å². The molecule has 2 nitrogen and oxygen atoms in total. The molecule has 0 saturated carbocycles. The summed E-state index contributed by atoms with van der Waals surface area (Å²) in [6, 6.07) is 9.89. The van der Waals surface area contributed by atoms with E-state index in [0.29, 0.717) is 0 Å². The van der Waals surface area contributed by atoms with Crippen molar-refractivity contribution in [2.75, 3.05) is 0 Å². The highest BCUT2D eigenvalue weighted by molar-refractivity contribution is 8.03. The van der Waals surface area contributed by atoms with E-state index in [1.54, 1.807) is 11.8 Å². The number of carbonyl (C=O) groups is 2. The van der Waals surface area contributed by atoms with Crippen LogP contribution in [0.4, 0.5) is 0 Å². The van der Waals surface area contributed by atoms with Crippen LogP contribution in [0.3, 0.4) is 0 Å². The normalized spacial score (nSPS) is 20.4. The maximum Gasteiger partial charge on any atom is 0.166 e. The second kappa shape index (κ2) is 5.53. The second-order valence-corrected chi connectivity index (χ2v) is 5.55. The summed E-state index contributed by atoms with van der Waals surface area (Å²) < 4.78 is 0. The largest absolute Gasteiger partial charge is 0.298 e. The van der Waals surface area contributed by atoms with Crippen molar-refractivity contribution in [1.82, 2.24) is 0 Å². The minimum absolute atomic E-state index is 0.0249. The maximum atomic E-state index is 11.9. The van der Waals surface area contributed by atoms with E-state index in [-0.39, 0.29) is 23.9 Å². The Hall–Kier alpha value is -1.35. The van der Waals surface area contributed by atoms with Crippen LogP contribution < -0.4 is 0 Å². The van der Waals surface area contributed by atoms with Gasteiger partial charge in [-0.1, -0.05) is 36.9 Å². The smallest absolute Gasteiger partial charge is 0.166 e. The van der Waals surface area contributed by atoms with Gasteiger partial charge in [0.15, 0.2) is 5.78 Å². The fourth-order valence-corrected chi connectivity index (χ4v) is 3.39. The lowest BCUT2D eigenvalue weighted by molar-refractivity contribution is -0.128. The van der Waals surface area contributed by atoms with E-state index in [1.165, 1.54) is 0 Å². The summed E-state index contributed by atoms with van der Waals surface area (Å²) in [4.78, 5) is 25.7. The van der Waals surface area contributed by atoms with Crippen LogP contribution in [0.25, 0.3) is 0 Å². The Bertz CT molecular complexity index is 502. The van der Waals surface area contributed by atoms with Crippen molar-refractivity contribution in [3.8, 4) is 0 Å². The summed E-state index contributed by atoms with van der Waals surface area (Å²) >= 11 is 1.55. The molecule has 1 aliphatic carbocycles. The number of carbonyl (C=O) groups excluding carboxylic acids is 2. The Balaban J connectivity index is 2.35. The van der Waals surface area contributed by atoms with Gasteiger partial charge in [0.2, 0.25) is 0 Å². The number of hydrogen-bond acceptors (Lipinski definition) is 3. The SMILES string of the molecule is CCC1C(=O)CC(=O)C(C)=C1Sc1ccccc1. The Morgan fingerprint density at radius 3 is 2.50 bits per heavy atom. The molecule has 1 aromatic carbocycles. The van der Waals surface area contributed by atoms with Crippen molar-refractivity contribution in [3.63, 3.8) is 0 Å². The average Bonchev–Trinajstić information content (AvgIpc) is 2.37. The zero-order chi connectivity index (χ0) is 13.1. The maximum absolute atomic E-state index is 11.9. The Labute approximate surface area is 111 Å². The van der Waals surface area contributed by atoms with Crippen LogP contribution in [-0.2, 0) is 9.59 Å². The highest BCUT2D eigenvalue weighted by atomic mass is 32.2. The molecule has 0 radical (unpaired) electrons. The molecule has 0 spiro atoms. The number of ketones is 2. The van der Waals surface area contributed by atoms with Crippen LogP contribution in [0.5, 0.6) is 0 Å². The lowest BCUT2D eigenvalue weighted by atomic mass is 9.87. The molecule has 3 heteroatoms. The molecule has 0 N–H and O–H groups in total. The molecule has 0 fully saturated rings. The van der Waals surface area contributed by atoms with Crippen LogP contribution in [0, 0.1) is 5.92 Å². The quantitative estimate of drug-likeness (QED) is 0.778. The van der Waals surface area contributed by atoms with Gasteiger partial charge in [0.25, 0.3) is 0 Å². The van der Waals surface area contributed by atoms with Gasteiger partial charge in [-0.15, -0.1) is 0 Å². The molecular formula is C15H16O2S. The van der Waals surface area contributed by atoms with Gasteiger partial charge in [-0.05, 0) is 25.5 Å². The fourth-order valence-electron chi connectivity index (χ4n) is 2.14. The molecular weight excluding hydrogens is 244 g/mol. The minimum Gasteiger partial charge on any atom is -0.298 e. The predicted octanol–water partition coefficient (Wildman–Crippen LogP) is 3.62. The van der Waals surface area contributed by atoms with E-state index in [1.807, 2.05) is 44.2 Å². The van der Waals surface area contributed by atoms with Crippen molar-refractivity contribution in [1.29, 1.82) is 0 Å². The molecule has 1 aliphatic rings. The predicted molar refractivity (Wildman–Crippen MR) is 73.4 cm³/mol. The van der Waals surface area contributed by atoms with Crippen LogP contribution in [0.2, 0.25) is 0 Å². The van der Waals surface area contributed by atoms with Crippen LogP contribution in [-0.4, -0.2) is 11.6 Å². The molecule has 0 amide bonds. The summed E-state index contributed by atoms with van der Waals surface area (Å²) in [6.45, 7) is 3.83. The minimum atomic E-state index is -0.104. The van der Waals surface area contributed by atoms with Gasteiger partial charge in [-0.25, -0.2) is 0 Å². The third kappa shape index (κ3) is 2.56. The zero-order valence-electron chi connectivity index (χ0n) is 10.6. The third-order valence-corrected chi connectivity index (χ3v) is 4.53. The topological polar surface area (TPSA) is 34.1 Å². The molecule has 1 atom stereocenters. The molecule has 0 aromatic heterocycles. The summed E-state index contributed by atoms with van der Waals surface area (Å²) in [5.41, 5.74) is 0.760. The van der Waals surface area contributed by atoms with Gasteiger partial charge >= 0.3 is 0 Å². The van der Waals surface area contributed by atoms with Crippen LogP contribution >= 0.6 is 11.8 Å². The number of thioether (sulfide) groups is 1. The molecule has 0 bridgehead atoms. The number of rotatable bonds is 3. The summed E-state index contributed by atoms with van der Waals surface area (Å²) in [7, 11) is 0. The molecule has 1 aromatic rings. The lowest BCUT2D eigenvalue weighted by Gasteiger charge is -2.24. The number of benzene rings is 1. The number of Topliss-reactive ketones (excluding diaryl/α,β-unsaturated/α-hetero) is 2. The molecule has 18 heavy (non-hydrogen) atoms. The van der Waals surface area contributed by atoms with Crippen LogP contribution in [0.1, 0.15) is 26.7 Å². The monoisotopic (exact) mass is 260 g/mol.